The number of hydrogen-bond donors (Lipinski definition) is 1. The van der Waals surface area contributed by atoms with Crippen molar-refractivity contribution in [2.75, 3.05) is 26.2 Å². The summed E-state index contributed by atoms with van der Waals surface area (Å²) in [6.45, 7) is 5.76. The van der Waals surface area contributed by atoms with Gasteiger partial charge in [0.1, 0.15) is 5.69 Å². The van der Waals surface area contributed by atoms with Crippen LogP contribution in [0.4, 0.5) is 0 Å². The molecule has 1 saturated heterocycles. The lowest BCUT2D eigenvalue weighted by Crippen LogP contribution is -2.50. The minimum atomic E-state index is -0.0717. The van der Waals surface area contributed by atoms with E-state index in [4.69, 9.17) is 0 Å². The summed E-state index contributed by atoms with van der Waals surface area (Å²) in [5.74, 6) is -0.00901. The summed E-state index contributed by atoms with van der Waals surface area (Å²) >= 11 is 0. The lowest BCUT2D eigenvalue weighted by Gasteiger charge is -2.33. The van der Waals surface area contributed by atoms with E-state index in [-0.39, 0.29) is 11.8 Å². The first-order valence-electron chi connectivity index (χ1n) is 5.64. The Kier molecular flexibility index (Phi) is 3.12. The van der Waals surface area contributed by atoms with Crippen LogP contribution in [0.5, 0.6) is 0 Å². The maximum atomic E-state index is 12.0. The summed E-state index contributed by atoms with van der Waals surface area (Å²) in [6, 6.07) is 1.74. The average Bonchev–Trinajstić information content (AvgIpc) is 2.75. The molecule has 0 aromatic carbocycles. The van der Waals surface area contributed by atoms with Crippen LogP contribution in [-0.2, 0) is 4.79 Å². The minimum absolute atomic E-state index is 0.0627. The molecule has 0 saturated carbocycles. The van der Waals surface area contributed by atoms with Crippen LogP contribution in [0.2, 0.25) is 0 Å². The second kappa shape index (κ2) is 4.57. The zero-order chi connectivity index (χ0) is 12.4. The first kappa shape index (κ1) is 11.6. The third-order valence-electron chi connectivity index (χ3n) is 2.94. The van der Waals surface area contributed by atoms with Crippen LogP contribution in [0, 0.1) is 6.92 Å². The van der Waals surface area contributed by atoms with Gasteiger partial charge in [-0.25, -0.2) is 0 Å². The highest BCUT2D eigenvalue weighted by Gasteiger charge is 2.24. The van der Waals surface area contributed by atoms with E-state index in [0.717, 1.165) is 5.69 Å². The molecule has 0 radical (unpaired) electrons. The summed E-state index contributed by atoms with van der Waals surface area (Å²) in [4.78, 5) is 26.7. The van der Waals surface area contributed by atoms with E-state index in [1.165, 1.54) is 0 Å². The summed E-state index contributed by atoms with van der Waals surface area (Å²) in [5.41, 5.74) is 1.31. The fraction of sp³-hybridized carbons (Fsp3) is 0.545. The van der Waals surface area contributed by atoms with Crippen molar-refractivity contribution in [1.29, 1.82) is 0 Å². The van der Waals surface area contributed by atoms with Crippen molar-refractivity contribution in [2.45, 2.75) is 13.8 Å². The predicted molar refractivity (Wildman–Crippen MR) is 61.5 cm³/mol. The number of carbonyl (C=O) groups is 2. The number of amides is 2. The van der Waals surface area contributed by atoms with E-state index >= 15 is 0 Å². The number of aromatic nitrogens is 2. The zero-order valence-corrected chi connectivity index (χ0v) is 10.1. The lowest BCUT2D eigenvalue weighted by molar-refractivity contribution is -0.130. The second-order valence-corrected chi connectivity index (χ2v) is 4.23. The highest BCUT2D eigenvalue weighted by molar-refractivity contribution is 5.92. The van der Waals surface area contributed by atoms with Gasteiger partial charge in [-0.1, -0.05) is 0 Å². The number of piperazine rings is 1. The minimum Gasteiger partial charge on any atom is -0.339 e. The van der Waals surface area contributed by atoms with Crippen LogP contribution in [0.1, 0.15) is 23.1 Å². The molecule has 1 aliphatic heterocycles. The predicted octanol–water partition coefficient (Wildman–Crippen LogP) is 0.0224. The van der Waals surface area contributed by atoms with E-state index in [2.05, 4.69) is 10.2 Å². The maximum absolute atomic E-state index is 12.0. The van der Waals surface area contributed by atoms with Crippen molar-refractivity contribution in [3.05, 3.63) is 17.5 Å². The largest absolute Gasteiger partial charge is 0.339 e. The molecule has 92 valence electrons. The molecular formula is C11H16N4O2. The molecule has 0 spiro atoms. The Balaban J connectivity index is 1.97. The summed E-state index contributed by atoms with van der Waals surface area (Å²) in [7, 11) is 0. The molecule has 0 unspecified atom stereocenters. The van der Waals surface area contributed by atoms with Gasteiger partial charge in [0.15, 0.2) is 0 Å². The third kappa shape index (κ3) is 2.46. The molecule has 1 aromatic heterocycles. The molecule has 6 nitrogen and oxygen atoms in total. The van der Waals surface area contributed by atoms with Gasteiger partial charge in [-0.05, 0) is 13.0 Å². The fourth-order valence-electron chi connectivity index (χ4n) is 1.91. The number of nitrogens with one attached hydrogen (secondary N) is 1. The topological polar surface area (TPSA) is 69.3 Å². The van der Waals surface area contributed by atoms with Gasteiger partial charge in [0, 0.05) is 38.8 Å². The molecule has 1 N–H and O–H groups in total. The normalized spacial score (nSPS) is 16.1. The van der Waals surface area contributed by atoms with Crippen LogP contribution < -0.4 is 0 Å². The fourth-order valence-corrected chi connectivity index (χ4v) is 1.91. The number of aryl methyl sites for hydroxylation is 1. The van der Waals surface area contributed by atoms with Crippen LogP contribution in [-0.4, -0.2) is 58.0 Å². The number of H-pyrrole nitrogens is 1. The molecule has 17 heavy (non-hydrogen) atoms. The molecular weight excluding hydrogens is 220 g/mol. The Morgan fingerprint density at radius 3 is 2.29 bits per heavy atom. The van der Waals surface area contributed by atoms with Gasteiger partial charge in [0.2, 0.25) is 5.91 Å². The zero-order valence-electron chi connectivity index (χ0n) is 10.1. The van der Waals surface area contributed by atoms with Gasteiger partial charge >= 0.3 is 0 Å². The SMILES string of the molecule is CC(=O)N1CCN(C(=O)c2cc(C)[nH]n2)CC1. The highest BCUT2D eigenvalue weighted by atomic mass is 16.2. The second-order valence-electron chi connectivity index (χ2n) is 4.23. The maximum Gasteiger partial charge on any atom is 0.274 e. The van der Waals surface area contributed by atoms with Crippen molar-refractivity contribution < 1.29 is 9.59 Å². The van der Waals surface area contributed by atoms with Gasteiger partial charge < -0.3 is 9.80 Å². The summed E-state index contributed by atoms with van der Waals surface area (Å²) in [5, 5.41) is 6.70. The van der Waals surface area contributed by atoms with E-state index in [1.54, 1.807) is 22.8 Å². The van der Waals surface area contributed by atoms with Crippen molar-refractivity contribution in [3.8, 4) is 0 Å². The van der Waals surface area contributed by atoms with Gasteiger partial charge in [0.25, 0.3) is 5.91 Å². The van der Waals surface area contributed by atoms with Crippen molar-refractivity contribution in [1.82, 2.24) is 20.0 Å². The highest BCUT2D eigenvalue weighted by Crippen LogP contribution is 2.07. The van der Waals surface area contributed by atoms with Gasteiger partial charge in [-0.15, -0.1) is 0 Å². The Morgan fingerprint density at radius 1 is 1.24 bits per heavy atom. The molecule has 0 aliphatic carbocycles. The molecule has 0 atom stereocenters. The van der Waals surface area contributed by atoms with Crippen LogP contribution in [0.3, 0.4) is 0 Å². The van der Waals surface area contributed by atoms with Crippen LogP contribution in [0.25, 0.3) is 0 Å². The molecule has 2 heterocycles. The smallest absolute Gasteiger partial charge is 0.274 e. The third-order valence-corrected chi connectivity index (χ3v) is 2.94. The van der Waals surface area contributed by atoms with E-state index in [0.29, 0.717) is 31.9 Å². The lowest BCUT2D eigenvalue weighted by atomic mass is 10.2. The quantitative estimate of drug-likeness (QED) is 0.747. The van der Waals surface area contributed by atoms with Crippen molar-refractivity contribution >= 4 is 11.8 Å². The molecule has 0 bridgehead atoms. The Labute approximate surface area is 99.6 Å². The number of hydrogen-bond acceptors (Lipinski definition) is 3. The number of nitrogens with zero attached hydrogens (tertiary/aromatic N) is 3. The number of carbonyl (C=O) groups excluding carboxylic acids is 2. The van der Waals surface area contributed by atoms with Crippen molar-refractivity contribution in [2.24, 2.45) is 0 Å². The molecule has 2 rings (SSSR count). The van der Waals surface area contributed by atoms with Gasteiger partial charge in [-0.3, -0.25) is 14.7 Å². The first-order chi connectivity index (χ1) is 8.08. The Morgan fingerprint density at radius 2 is 1.82 bits per heavy atom. The van der Waals surface area contributed by atoms with E-state index in [9.17, 15) is 9.59 Å². The van der Waals surface area contributed by atoms with Crippen molar-refractivity contribution in [3.63, 3.8) is 0 Å². The molecule has 2 amide bonds. The Bertz CT molecular complexity index is 432. The molecule has 6 heteroatoms. The molecule has 1 aliphatic rings. The number of aromatic amines is 1. The monoisotopic (exact) mass is 236 g/mol. The molecule has 1 fully saturated rings. The van der Waals surface area contributed by atoms with Gasteiger partial charge in [-0.2, -0.15) is 5.10 Å². The Hall–Kier alpha value is -1.85. The van der Waals surface area contributed by atoms with Gasteiger partial charge in [0.05, 0.1) is 0 Å². The first-order valence-corrected chi connectivity index (χ1v) is 5.64. The standard InChI is InChI=1S/C11H16N4O2/c1-8-7-10(13-12-8)11(17)15-5-3-14(4-6-15)9(2)16/h7H,3-6H2,1-2H3,(H,12,13). The van der Waals surface area contributed by atoms with E-state index < -0.39 is 0 Å². The number of rotatable bonds is 1. The molecule has 1 aromatic rings. The van der Waals surface area contributed by atoms with Crippen LogP contribution >= 0.6 is 0 Å². The summed E-state index contributed by atoms with van der Waals surface area (Å²) < 4.78 is 0. The summed E-state index contributed by atoms with van der Waals surface area (Å²) in [6.07, 6.45) is 0. The van der Waals surface area contributed by atoms with Crippen LogP contribution in [0.15, 0.2) is 6.07 Å². The average molecular weight is 236 g/mol. The van der Waals surface area contributed by atoms with E-state index in [1.807, 2.05) is 6.92 Å².